The van der Waals surface area contributed by atoms with Crippen molar-refractivity contribution in [2.45, 2.75) is 25.0 Å². The molecule has 0 spiro atoms. The van der Waals surface area contributed by atoms with Gasteiger partial charge in [-0.05, 0) is 31.5 Å². The van der Waals surface area contributed by atoms with Gasteiger partial charge in [-0.1, -0.05) is 23.2 Å². The van der Waals surface area contributed by atoms with Crippen LogP contribution < -0.4 is 10.2 Å². The minimum Gasteiger partial charge on any atom is -0.479 e. The van der Waals surface area contributed by atoms with E-state index in [1.807, 2.05) is 0 Å². The molecule has 2 amide bonds. The van der Waals surface area contributed by atoms with Gasteiger partial charge >= 0.3 is 5.97 Å². The summed E-state index contributed by atoms with van der Waals surface area (Å²) in [5, 5.41) is 12.2. The van der Waals surface area contributed by atoms with Crippen LogP contribution in [-0.4, -0.2) is 48.2 Å². The molecular formula is C15H16Cl2N2O5. The standard InChI is InChI=1S/C15H16Cl2N2O5/c1-15(24-2,14(22)23)13(21)18-11-5-6-19(12(11)20)8-3-4-9(16)10(17)7-8/h3-4,7,11H,5-6H2,1-2H3,(H,18,21)(H,22,23). The van der Waals surface area contributed by atoms with Crippen molar-refractivity contribution in [3.05, 3.63) is 28.2 Å². The Kier molecular flexibility index (Phi) is 5.37. The van der Waals surface area contributed by atoms with Crippen LogP contribution in [0.4, 0.5) is 5.69 Å². The van der Waals surface area contributed by atoms with Gasteiger partial charge in [-0.3, -0.25) is 9.59 Å². The Hall–Kier alpha value is -1.83. The summed E-state index contributed by atoms with van der Waals surface area (Å²) in [4.78, 5) is 37.3. The van der Waals surface area contributed by atoms with E-state index in [1.54, 1.807) is 18.2 Å². The molecule has 1 aliphatic heterocycles. The zero-order chi connectivity index (χ0) is 18.1. The van der Waals surface area contributed by atoms with E-state index in [-0.39, 0.29) is 5.91 Å². The molecule has 24 heavy (non-hydrogen) atoms. The molecule has 9 heteroatoms. The van der Waals surface area contributed by atoms with Crippen molar-refractivity contribution in [1.29, 1.82) is 0 Å². The number of carboxylic acid groups (broad SMARTS) is 1. The first kappa shape index (κ1) is 18.5. The largest absolute Gasteiger partial charge is 0.479 e. The number of rotatable bonds is 5. The quantitative estimate of drug-likeness (QED) is 0.764. The van der Waals surface area contributed by atoms with Crippen LogP contribution in [0.2, 0.25) is 10.0 Å². The van der Waals surface area contributed by atoms with Gasteiger partial charge < -0.3 is 20.1 Å². The number of carboxylic acids is 1. The predicted molar refractivity (Wildman–Crippen MR) is 88.4 cm³/mol. The maximum atomic E-state index is 12.5. The number of nitrogens with zero attached hydrogens (tertiary/aromatic N) is 1. The molecule has 2 rings (SSSR count). The molecule has 1 aromatic carbocycles. The lowest BCUT2D eigenvalue weighted by Crippen LogP contribution is -2.55. The fraction of sp³-hybridized carbons (Fsp3) is 0.400. The molecule has 130 valence electrons. The van der Waals surface area contributed by atoms with Gasteiger partial charge in [0.1, 0.15) is 6.04 Å². The fourth-order valence-electron chi connectivity index (χ4n) is 2.30. The Morgan fingerprint density at radius 1 is 1.38 bits per heavy atom. The lowest BCUT2D eigenvalue weighted by atomic mass is 10.1. The summed E-state index contributed by atoms with van der Waals surface area (Å²) in [6.45, 7) is 1.49. The molecule has 1 aromatic rings. The zero-order valence-corrected chi connectivity index (χ0v) is 14.5. The van der Waals surface area contributed by atoms with Crippen molar-refractivity contribution in [2.24, 2.45) is 0 Å². The second-order valence-electron chi connectivity index (χ2n) is 5.45. The van der Waals surface area contributed by atoms with Crippen molar-refractivity contribution in [3.8, 4) is 0 Å². The van der Waals surface area contributed by atoms with Crippen LogP contribution in [0.5, 0.6) is 0 Å². The molecule has 2 N–H and O–H groups in total. The molecule has 7 nitrogen and oxygen atoms in total. The van der Waals surface area contributed by atoms with Gasteiger partial charge in [0, 0.05) is 19.3 Å². The molecule has 0 radical (unpaired) electrons. The Labute approximate surface area is 148 Å². The number of benzene rings is 1. The highest BCUT2D eigenvalue weighted by atomic mass is 35.5. The minimum absolute atomic E-state index is 0.312. The first-order chi connectivity index (χ1) is 11.2. The lowest BCUT2D eigenvalue weighted by molar-refractivity contribution is -0.168. The molecule has 2 unspecified atom stereocenters. The van der Waals surface area contributed by atoms with Gasteiger partial charge in [0.2, 0.25) is 11.5 Å². The zero-order valence-electron chi connectivity index (χ0n) is 13.0. The van der Waals surface area contributed by atoms with Crippen molar-refractivity contribution >= 4 is 46.7 Å². The average Bonchev–Trinajstić information content (AvgIpc) is 2.90. The number of aliphatic carboxylic acids is 1. The number of amides is 2. The van der Waals surface area contributed by atoms with Crippen molar-refractivity contribution in [1.82, 2.24) is 5.32 Å². The van der Waals surface area contributed by atoms with E-state index in [9.17, 15) is 14.4 Å². The number of methoxy groups -OCH3 is 1. The molecule has 0 saturated carbocycles. The van der Waals surface area contributed by atoms with Crippen molar-refractivity contribution < 1.29 is 24.2 Å². The Bertz CT molecular complexity index is 696. The van der Waals surface area contributed by atoms with Gasteiger partial charge in [-0.2, -0.15) is 0 Å². The second kappa shape index (κ2) is 6.96. The summed E-state index contributed by atoms with van der Waals surface area (Å²) in [6, 6.07) is 3.95. The third kappa shape index (κ3) is 3.33. The first-order valence-electron chi connectivity index (χ1n) is 7.06. The second-order valence-corrected chi connectivity index (χ2v) is 6.26. The van der Waals surface area contributed by atoms with Gasteiger partial charge in [0.05, 0.1) is 10.0 Å². The van der Waals surface area contributed by atoms with Crippen LogP contribution in [0.15, 0.2) is 18.2 Å². The monoisotopic (exact) mass is 374 g/mol. The number of carbonyl (C=O) groups is 3. The van der Waals surface area contributed by atoms with E-state index in [1.165, 1.54) is 4.90 Å². The molecular weight excluding hydrogens is 359 g/mol. The Balaban J connectivity index is 2.13. The molecule has 2 atom stereocenters. The van der Waals surface area contributed by atoms with E-state index in [4.69, 9.17) is 33.0 Å². The first-order valence-corrected chi connectivity index (χ1v) is 7.82. The molecule has 0 aromatic heterocycles. The van der Waals surface area contributed by atoms with Gasteiger partial charge in [0.25, 0.3) is 5.91 Å². The Morgan fingerprint density at radius 2 is 2.04 bits per heavy atom. The summed E-state index contributed by atoms with van der Waals surface area (Å²) in [7, 11) is 1.12. The van der Waals surface area contributed by atoms with Gasteiger partial charge in [0.15, 0.2) is 0 Å². The number of carbonyl (C=O) groups excluding carboxylic acids is 2. The summed E-state index contributed by atoms with van der Waals surface area (Å²) in [5.41, 5.74) is -1.50. The SMILES string of the molecule is COC(C)(C(=O)O)C(=O)NC1CCN(c2ccc(Cl)c(Cl)c2)C1=O. The summed E-state index contributed by atoms with van der Waals surface area (Å²) < 4.78 is 4.78. The highest BCUT2D eigenvalue weighted by molar-refractivity contribution is 6.42. The fourth-order valence-corrected chi connectivity index (χ4v) is 2.59. The smallest absolute Gasteiger partial charge is 0.345 e. The van der Waals surface area contributed by atoms with E-state index >= 15 is 0 Å². The van der Waals surface area contributed by atoms with Gasteiger partial charge in [-0.25, -0.2) is 4.79 Å². The van der Waals surface area contributed by atoms with Crippen molar-refractivity contribution in [2.75, 3.05) is 18.6 Å². The molecule has 0 bridgehead atoms. The number of hydrogen-bond acceptors (Lipinski definition) is 4. The highest BCUT2D eigenvalue weighted by Gasteiger charge is 2.44. The Morgan fingerprint density at radius 3 is 2.58 bits per heavy atom. The number of halogens is 2. The highest BCUT2D eigenvalue weighted by Crippen LogP contribution is 2.29. The molecule has 1 fully saturated rings. The number of nitrogens with one attached hydrogen (secondary N) is 1. The number of hydrogen-bond donors (Lipinski definition) is 2. The minimum atomic E-state index is -2.06. The maximum Gasteiger partial charge on any atom is 0.345 e. The maximum absolute atomic E-state index is 12.5. The van der Waals surface area contributed by atoms with E-state index in [0.29, 0.717) is 28.7 Å². The van der Waals surface area contributed by atoms with Crippen LogP contribution in [-0.2, 0) is 19.1 Å². The van der Waals surface area contributed by atoms with Crippen LogP contribution >= 0.6 is 23.2 Å². The summed E-state index contributed by atoms with van der Waals surface area (Å²) in [5.74, 6) is -2.67. The van der Waals surface area contributed by atoms with E-state index in [2.05, 4.69) is 5.32 Å². The van der Waals surface area contributed by atoms with Crippen molar-refractivity contribution in [3.63, 3.8) is 0 Å². The van der Waals surface area contributed by atoms with Crippen LogP contribution in [0.25, 0.3) is 0 Å². The summed E-state index contributed by atoms with van der Waals surface area (Å²) >= 11 is 11.8. The molecule has 1 aliphatic rings. The van der Waals surface area contributed by atoms with Crippen LogP contribution in [0.3, 0.4) is 0 Å². The number of ether oxygens (including phenoxy) is 1. The van der Waals surface area contributed by atoms with Crippen LogP contribution in [0, 0.1) is 0 Å². The lowest BCUT2D eigenvalue weighted by Gasteiger charge is -2.24. The predicted octanol–water partition coefficient (Wildman–Crippen LogP) is 1.70. The average molecular weight is 375 g/mol. The van der Waals surface area contributed by atoms with Gasteiger partial charge in [-0.15, -0.1) is 0 Å². The van der Waals surface area contributed by atoms with E-state index in [0.717, 1.165) is 14.0 Å². The molecule has 1 saturated heterocycles. The third-order valence-corrected chi connectivity index (χ3v) is 4.71. The molecule has 0 aliphatic carbocycles. The van der Waals surface area contributed by atoms with E-state index < -0.39 is 23.5 Å². The third-order valence-electron chi connectivity index (χ3n) is 3.98. The normalized spacial score (nSPS) is 19.9. The topological polar surface area (TPSA) is 95.9 Å². The molecule has 1 heterocycles. The summed E-state index contributed by atoms with van der Waals surface area (Å²) in [6.07, 6.45) is 0.338. The van der Waals surface area contributed by atoms with Crippen LogP contribution in [0.1, 0.15) is 13.3 Å². The number of anilines is 1.